The molecule has 0 bridgehead atoms. The van der Waals surface area contributed by atoms with E-state index in [0.29, 0.717) is 39.4 Å². The van der Waals surface area contributed by atoms with Crippen molar-refractivity contribution in [2.75, 3.05) is 11.1 Å². The summed E-state index contributed by atoms with van der Waals surface area (Å²) in [6.45, 7) is 6.84. The number of aliphatic carboxylic acids is 1. The molecule has 164 valence electrons. The van der Waals surface area contributed by atoms with E-state index >= 15 is 0 Å². The van der Waals surface area contributed by atoms with Crippen LogP contribution in [0.15, 0.2) is 4.34 Å². The van der Waals surface area contributed by atoms with Crippen LogP contribution >= 0.6 is 23.1 Å². The van der Waals surface area contributed by atoms with Crippen molar-refractivity contribution in [3.63, 3.8) is 0 Å². The van der Waals surface area contributed by atoms with E-state index in [1.165, 1.54) is 61.6 Å². The second-order valence-corrected chi connectivity index (χ2v) is 11.0. The van der Waals surface area contributed by atoms with Crippen LogP contribution in [0.3, 0.4) is 0 Å². The Bertz CT molecular complexity index is 643. The Kier molecular flexibility index (Phi) is 10.4. The zero-order valence-electron chi connectivity index (χ0n) is 17.9. The SMILES string of the molecule is CC(C)CCCC(CC(=O)Nc1nnc(SCCC(=O)O)s1)C1CCC(C)CC1. The van der Waals surface area contributed by atoms with Gasteiger partial charge in [-0.25, -0.2) is 0 Å². The molecule has 0 radical (unpaired) electrons. The van der Waals surface area contributed by atoms with E-state index in [0.717, 1.165) is 12.3 Å². The summed E-state index contributed by atoms with van der Waals surface area (Å²) in [5.74, 6) is 2.27. The topological polar surface area (TPSA) is 92.2 Å². The molecule has 29 heavy (non-hydrogen) atoms. The highest BCUT2D eigenvalue weighted by molar-refractivity contribution is 8.01. The Balaban J connectivity index is 1.85. The van der Waals surface area contributed by atoms with Crippen LogP contribution in [0.4, 0.5) is 5.13 Å². The molecule has 6 nitrogen and oxygen atoms in total. The molecular formula is C21H35N3O3S2. The standard InChI is InChI=1S/C21H35N3O3S2/c1-14(2)5-4-6-17(16-9-7-15(3)8-10-16)13-18(25)22-20-23-24-21(29-20)28-12-11-19(26)27/h14-17H,4-13H2,1-3H3,(H,26,27)(H,22,23,25). The fourth-order valence-electron chi connectivity index (χ4n) is 4.00. The predicted octanol–water partition coefficient (Wildman–Crippen LogP) is 5.70. The van der Waals surface area contributed by atoms with Gasteiger partial charge in [0, 0.05) is 12.2 Å². The van der Waals surface area contributed by atoms with Gasteiger partial charge in [0.1, 0.15) is 0 Å². The number of nitrogens with zero attached hydrogens (tertiary/aromatic N) is 2. The number of nitrogens with one attached hydrogen (secondary N) is 1. The molecule has 1 aromatic rings. The number of carboxylic acid groups (broad SMARTS) is 1. The molecule has 1 aromatic heterocycles. The number of carbonyl (C=O) groups is 2. The normalized spacial score (nSPS) is 20.6. The van der Waals surface area contributed by atoms with Crippen LogP contribution in [-0.4, -0.2) is 32.9 Å². The Hall–Kier alpha value is -1.15. The van der Waals surface area contributed by atoms with E-state index < -0.39 is 5.97 Å². The van der Waals surface area contributed by atoms with Gasteiger partial charge in [-0.15, -0.1) is 10.2 Å². The third kappa shape index (κ3) is 9.47. The molecule has 1 fully saturated rings. The van der Waals surface area contributed by atoms with Crippen molar-refractivity contribution in [2.24, 2.45) is 23.7 Å². The summed E-state index contributed by atoms with van der Waals surface area (Å²) >= 11 is 2.67. The highest BCUT2D eigenvalue weighted by atomic mass is 32.2. The molecule has 1 amide bonds. The average Bonchev–Trinajstić information content (AvgIpc) is 3.08. The number of thioether (sulfide) groups is 1. The van der Waals surface area contributed by atoms with Crippen LogP contribution in [0.25, 0.3) is 0 Å². The lowest BCUT2D eigenvalue weighted by molar-refractivity contribution is -0.136. The number of carbonyl (C=O) groups excluding carboxylic acids is 1. The van der Waals surface area contributed by atoms with E-state index in [9.17, 15) is 9.59 Å². The Morgan fingerprint density at radius 3 is 2.59 bits per heavy atom. The van der Waals surface area contributed by atoms with Crippen molar-refractivity contribution in [3.8, 4) is 0 Å². The fourth-order valence-corrected chi connectivity index (χ4v) is 5.77. The summed E-state index contributed by atoms with van der Waals surface area (Å²) in [7, 11) is 0. The van der Waals surface area contributed by atoms with Gasteiger partial charge in [-0.1, -0.05) is 69.6 Å². The molecule has 1 aliphatic carbocycles. The summed E-state index contributed by atoms with van der Waals surface area (Å²) in [4.78, 5) is 23.3. The number of amides is 1. The Morgan fingerprint density at radius 1 is 1.21 bits per heavy atom. The maximum atomic E-state index is 12.7. The molecule has 1 aliphatic rings. The van der Waals surface area contributed by atoms with Crippen LogP contribution in [0.2, 0.25) is 0 Å². The summed E-state index contributed by atoms with van der Waals surface area (Å²) in [5, 5.41) is 20.2. The highest BCUT2D eigenvalue weighted by Crippen LogP contribution is 2.37. The minimum Gasteiger partial charge on any atom is -0.481 e. The lowest BCUT2D eigenvalue weighted by Gasteiger charge is -2.32. The monoisotopic (exact) mass is 441 g/mol. The number of rotatable bonds is 12. The Morgan fingerprint density at radius 2 is 1.93 bits per heavy atom. The number of hydrogen-bond acceptors (Lipinski definition) is 6. The van der Waals surface area contributed by atoms with Gasteiger partial charge in [0.2, 0.25) is 11.0 Å². The molecule has 8 heteroatoms. The van der Waals surface area contributed by atoms with Crippen molar-refractivity contribution < 1.29 is 14.7 Å². The van der Waals surface area contributed by atoms with Crippen molar-refractivity contribution >= 4 is 40.1 Å². The molecule has 2 rings (SSSR count). The second-order valence-electron chi connectivity index (χ2n) is 8.72. The quantitative estimate of drug-likeness (QED) is 0.319. The number of anilines is 1. The van der Waals surface area contributed by atoms with Gasteiger partial charge in [-0.3, -0.25) is 9.59 Å². The largest absolute Gasteiger partial charge is 0.481 e. The maximum Gasteiger partial charge on any atom is 0.304 e. The summed E-state index contributed by atoms with van der Waals surface area (Å²) in [6.07, 6.45) is 9.20. The summed E-state index contributed by atoms with van der Waals surface area (Å²) in [5.41, 5.74) is 0. The lowest BCUT2D eigenvalue weighted by Crippen LogP contribution is -2.25. The van der Waals surface area contributed by atoms with Crippen molar-refractivity contribution in [1.82, 2.24) is 10.2 Å². The zero-order chi connectivity index (χ0) is 21.2. The van der Waals surface area contributed by atoms with Gasteiger partial charge in [0.25, 0.3) is 0 Å². The van der Waals surface area contributed by atoms with Gasteiger partial charge < -0.3 is 10.4 Å². The molecule has 1 heterocycles. The Labute approximate surface area is 182 Å². The minimum absolute atomic E-state index is 0.0244. The zero-order valence-corrected chi connectivity index (χ0v) is 19.5. The van der Waals surface area contributed by atoms with E-state index in [-0.39, 0.29) is 12.3 Å². The molecule has 0 aromatic carbocycles. The smallest absolute Gasteiger partial charge is 0.304 e. The van der Waals surface area contributed by atoms with Crippen LogP contribution in [0.5, 0.6) is 0 Å². The molecule has 1 saturated carbocycles. The predicted molar refractivity (Wildman–Crippen MR) is 119 cm³/mol. The second kappa shape index (κ2) is 12.5. The van der Waals surface area contributed by atoms with Crippen LogP contribution < -0.4 is 5.32 Å². The van der Waals surface area contributed by atoms with Gasteiger partial charge in [0.15, 0.2) is 4.34 Å². The third-order valence-electron chi connectivity index (χ3n) is 5.73. The fraction of sp³-hybridized carbons (Fsp3) is 0.810. The molecule has 1 atom stereocenters. The first kappa shape index (κ1) is 24.1. The first-order valence-corrected chi connectivity index (χ1v) is 12.6. The molecule has 1 unspecified atom stereocenters. The highest BCUT2D eigenvalue weighted by Gasteiger charge is 2.28. The molecule has 0 spiro atoms. The van der Waals surface area contributed by atoms with Crippen LogP contribution in [0.1, 0.15) is 78.6 Å². The van der Waals surface area contributed by atoms with Gasteiger partial charge in [0.05, 0.1) is 6.42 Å². The number of carboxylic acids is 1. The van der Waals surface area contributed by atoms with E-state index in [2.05, 4.69) is 36.3 Å². The van der Waals surface area contributed by atoms with E-state index in [1.807, 2.05) is 0 Å². The average molecular weight is 442 g/mol. The third-order valence-corrected chi connectivity index (χ3v) is 7.70. The van der Waals surface area contributed by atoms with Gasteiger partial charge >= 0.3 is 5.97 Å². The van der Waals surface area contributed by atoms with E-state index in [1.54, 1.807) is 0 Å². The molecular weight excluding hydrogens is 406 g/mol. The number of aromatic nitrogens is 2. The minimum atomic E-state index is -0.823. The number of hydrogen-bond donors (Lipinski definition) is 2. The first-order chi connectivity index (χ1) is 13.8. The van der Waals surface area contributed by atoms with Crippen molar-refractivity contribution in [3.05, 3.63) is 0 Å². The van der Waals surface area contributed by atoms with Gasteiger partial charge in [-0.2, -0.15) is 0 Å². The van der Waals surface area contributed by atoms with Crippen molar-refractivity contribution in [2.45, 2.75) is 82.9 Å². The molecule has 0 aliphatic heterocycles. The summed E-state index contributed by atoms with van der Waals surface area (Å²) in [6, 6.07) is 0. The van der Waals surface area contributed by atoms with Crippen LogP contribution in [-0.2, 0) is 9.59 Å². The van der Waals surface area contributed by atoms with E-state index in [4.69, 9.17) is 5.11 Å². The van der Waals surface area contributed by atoms with Gasteiger partial charge in [-0.05, 0) is 42.9 Å². The maximum absolute atomic E-state index is 12.7. The van der Waals surface area contributed by atoms with Crippen molar-refractivity contribution in [1.29, 1.82) is 0 Å². The van der Waals surface area contributed by atoms with Crippen LogP contribution in [0, 0.1) is 23.7 Å². The lowest BCUT2D eigenvalue weighted by atomic mass is 9.73. The molecule has 0 saturated heterocycles. The molecule has 2 N–H and O–H groups in total. The summed E-state index contributed by atoms with van der Waals surface area (Å²) < 4.78 is 0.691. The first-order valence-electron chi connectivity index (χ1n) is 10.8.